The Bertz CT molecular complexity index is 965. The number of carbonyl (C=O) groups is 1. The lowest BCUT2D eigenvalue weighted by Crippen LogP contribution is -2.32. The minimum Gasteiger partial charge on any atom is -0.469 e. The second kappa shape index (κ2) is 6.09. The number of anilines is 1. The summed E-state index contributed by atoms with van der Waals surface area (Å²) in [6, 6.07) is 12.3. The lowest BCUT2D eigenvalue weighted by atomic mass is 9.85. The first-order valence-corrected chi connectivity index (χ1v) is 9.02. The summed E-state index contributed by atoms with van der Waals surface area (Å²) in [7, 11) is 0. The van der Waals surface area contributed by atoms with Gasteiger partial charge in [0.1, 0.15) is 5.76 Å². The van der Waals surface area contributed by atoms with E-state index in [1.54, 1.807) is 12.5 Å². The fourth-order valence-corrected chi connectivity index (χ4v) is 3.98. The average molecular weight is 345 g/mol. The van der Waals surface area contributed by atoms with Crippen molar-refractivity contribution >= 4 is 11.7 Å². The molecule has 0 saturated heterocycles. The first-order valence-electron chi connectivity index (χ1n) is 9.02. The van der Waals surface area contributed by atoms with Crippen molar-refractivity contribution < 1.29 is 9.21 Å². The molecule has 5 rings (SSSR count). The summed E-state index contributed by atoms with van der Waals surface area (Å²) < 4.78 is 5.52. The van der Waals surface area contributed by atoms with Crippen molar-refractivity contribution in [1.29, 1.82) is 0 Å². The number of carbonyl (C=O) groups excluding carboxylic acids is 1. The van der Waals surface area contributed by atoms with E-state index in [1.807, 2.05) is 12.1 Å². The van der Waals surface area contributed by atoms with Gasteiger partial charge < -0.3 is 9.32 Å². The topological polar surface area (TPSA) is 59.2 Å². The molecule has 0 saturated carbocycles. The van der Waals surface area contributed by atoms with Crippen molar-refractivity contribution in [3.8, 4) is 0 Å². The van der Waals surface area contributed by atoms with Crippen LogP contribution in [-0.2, 0) is 19.4 Å². The molecular weight excluding hydrogens is 326 g/mol. The van der Waals surface area contributed by atoms with E-state index in [4.69, 9.17) is 9.40 Å². The van der Waals surface area contributed by atoms with Crippen LogP contribution in [0.1, 0.15) is 45.3 Å². The summed E-state index contributed by atoms with van der Waals surface area (Å²) in [5.74, 6) is 1.74. The van der Waals surface area contributed by atoms with Crippen LogP contribution in [0.2, 0.25) is 0 Å². The average Bonchev–Trinajstić information content (AvgIpc) is 3.22. The summed E-state index contributed by atoms with van der Waals surface area (Å²) >= 11 is 0. The molecule has 1 atom stereocenters. The van der Waals surface area contributed by atoms with Crippen LogP contribution in [-0.4, -0.2) is 22.3 Å². The van der Waals surface area contributed by atoms with Gasteiger partial charge in [0.05, 0.1) is 17.5 Å². The predicted molar refractivity (Wildman–Crippen MR) is 97.3 cm³/mol. The predicted octanol–water partition coefficient (Wildman–Crippen LogP) is 3.55. The number of hydrogen-bond acceptors (Lipinski definition) is 5. The molecule has 5 nitrogen and oxygen atoms in total. The van der Waals surface area contributed by atoms with Gasteiger partial charge in [-0.3, -0.25) is 4.79 Å². The highest BCUT2D eigenvalue weighted by Gasteiger charge is 2.30. The molecule has 26 heavy (non-hydrogen) atoms. The molecule has 3 aromatic rings. The molecular formula is C21H19N3O2. The standard InChI is InChI=1S/C21H19N3O2/c25-19-11-16(20-6-3-9-26-20)10-18-17(19)12-22-21(23-18)24-8-7-14-4-1-2-5-15(14)13-24/h1-6,9,12,16H,7-8,10-11,13H2/t16-/m1/s1. The Balaban J connectivity index is 1.45. The molecule has 130 valence electrons. The van der Waals surface area contributed by atoms with Crippen molar-refractivity contribution in [2.24, 2.45) is 0 Å². The molecule has 0 radical (unpaired) electrons. The van der Waals surface area contributed by atoms with Crippen molar-refractivity contribution in [1.82, 2.24) is 9.97 Å². The van der Waals surface area contributed by atoms with Gasteiger partial charge in [0, 0.05) is 38.0 Å². The van der Waals surface area contributed by atoms with Crippen LogP contribution in [0, 0.1) is 0 Å². The zero-order chi connectivity index (χ0) is 17.5. The molecule has 1 aromatic carbocycles. The van der Waals surface area contributed by atoms with Gasteiger partial charge in [-0.15, -0.1) is 0 Å². The van der Waals surface area contributed by atoms with E-state index in [0.717, 1.165) is 31.0 Å². The van der Waals surface area contributed by atoms with Gasteiger partial charge >= 0.3 is 0 Å². The van der Waals surface area contributed by atoms with Crippen molar-refractivity contribution in [3.05, 3.63) is 77.0 Å². The Labute approximate surface area is 151 Å². The maximum absolute atomic E-state index is 12.5. The number of hydrogen-bond donors (Lipinski definition) is 0. The van der Waals surface area contributed by atoms with Crippen LogP contribution < -0.4 is 4.90 Å². The van der Waals surface area contributed by atoms with Crippen LogP contribution in [0.3, 0.4) is 0 Å². The second-order valence-corrected chi connectivity index (χ2v) is 7.01. The zero-order valence-electron chi connectivity index (χ0n) is 14.4. The number of benzene rings is 1. The van der Waals surface area contributed by atoms with Crippen LogP contribution in [0.5, 0.6) is 0 Å². The Morgan fingerprint density at radius 2 is 1.96 bits per heavy atom. The fourth-order valence-electron chi connectivity index (χ4n) is 3.98. The minimum absolute atomic E-state index is 0.0647. The van der Waals surface area contributed by atoms with E-state index in [0.29, 0.717) is 24.4 Å². The van der Waals surface area contributed by atoms with Gasteiger partial charge in [-0.1, -0.05) is 24.3 Å². The minimum atomic E-state index is 0.0647. The van der Waals surface area contributed by atoms with Crippen LogP contribution in [0.25, 0.3) is 0 Å². The summed E-state index contributed by atoms with van der Waals surface area (Å²) in [4.78, 5) is 24.0. The number of ketones is 1. The van der Waals surface area contributed by atoms with Crippen molar-refractivity contribution in [3.63, 3.8) is 0 Å². The number of fused-ring (bicyclic) bond motifs is 2. The van der Waals surface area contributed by atoms with E-state index >= 15 is 0 Å². The Hall–Kier alpha value is -2.95. The van der Waals surface area contributed by atoms with Gasteiger partial charge in [0.2, 0.25) is 5.95 Å². The molecule has 2 aromatic heterocycles. The molecule has 1 aliphatic heterocycles. The van der Waals surface area contributed by atoms with Gasteiger partial charge in [0.25, 0.3) is 0 Å². The third-order valence-corrected chi connectivity index (χ3v) is 5.39. The summed E-state index contributed by atoms with van der Waals surface area (Å²) in [5.41, 5.74) is 4.22. The van der Waals surface area contributed by atoms with E-state index in [1.165, 1.54) is 11.1 Å². The Morgan fingerprint density at radius 3 is 2.81 bits per heavy atom. The maximum Gasteiger partial charge on any atom is 0.225 e. The Morgan fingerprint density at radius 1 is 1.08 bits per heavy atom. The molecule has 2 aliphatic rings. The lowest BCUT2D eigenvalue weighted by molar-refractivity contribution is 0.0958. The zero-order valence-corrected chi connectivity index (χ0v) is 14.4. The smallest absolute Gasteiger partial charge is 0.225 e. The van der Waals surface area contributed by atoms with Gasteiger partial charge in [-0.25, -0.2) is 9.97 Å². The fraction of sp³-hybridized carbons (Fsp3) is 0.286. The lowest BCUT2D eigenvalue weighted by Gasteiger charge is -2.30. The highest BCUT2D eigenvalue weighted by molar-refractivity contribution is 5.98. The number of nitrogens with zero attached hydrogens (tertiary/aromatic N) is 3. The van der Waals surface area contributed by atoms with Crippen LogP contribution in [0.4, 0.5) is 5.95 Å². The van der Waals surface area contributed by atoms with Crippen LogP contribution >= 0.6 is 0 Å². The SMILES string of the molecule is O=C1C[C@H](c2ccco2)Cc2nc(N3CCc4ccccc4C3)ncc21. The normalized spacial score (nSPS) is 19.2. The van der Waals surface area contributed by atoms with E-state index < -0.39 is 0 Å². The third-order valence-electron chi connectivity index (χ3n) is 5.39. The molecule has 0 bridgehead atoms. The van der Waals surface area contributed by atoms with E-state index in [2.05, 4.69) is 34.1 Å². The first-order chi connectivity index (χ1) is 12.8. The molecule has 5 heteroatoms. The quantitative estimate of drug-likeness (QED) is 0.711. The Kier molecular flexibility index (Phi) is 3.59. The van der Waals surface area contributed by atoms with Gasteiger partial charge in [0.15, 0.2) is 5.78 Å². The highest BCUT2D eigenvalue weighted by Crippen LogP contribution is 2.33. The molecule has 0 spiro atoms. The van der Waals surface area contributed by atoms with E-state index in [9.17, 15) is 4.79 Å². The number of furan rings is 1. The first kappa shape index (κ1) is 15.3. The second-order valence-electron chi connectivity index (χ2n) is 7.01. The van der Waals surface area contributed by atoms with Crippen molar-refractivity contribution in [2.45, 2.75) is 31.7 Å². The number of aromatic nitrogens is 2. The third kappa shape index (κ3) is 2.60. The maximum atomic E-state index is 12.5. The number of rotatable bonds is 2. The highest BCUT2D eigenvalue weighted by atomic mass is 16.3. The molecule has 0 fully saturated rings. The summed E-state index contributed by atoms with van der Waals surface area (Å²) in [6.07, 6.45) is 5.53. The molecule has 0 N–H and O–H groups in total. The van der Waals surface area contributed by atoms with Crippen molar-refractivity contribution in [2.75, 3.05) is 11.4 Å². The molecule has 1 aliphatic carbocycles. The molecule has 0 amide bonds. The van der Waals surface area contributed by atoms with E-state index in [-0.39, 0.29) is 11.7 Å². The van der Waals surface area contributed by atoms with Gasteiger partial charge in [-0.05, 0) is 29.7 Å². The largest absolute Gasteiger partial charge is 0.469 e. The van der Waals surface area contributed by atoms with Crippen LogP contribution in [0.15, 0.2) is 53.3 Å². The summed E-state index contributed by atoms with van der Waals surface area (Å²) in [6.45, 7) is 1.70. The monoisotopic (exact) mass is 345 g/mol. The summed E-state index contributed by atoms with van der Waals surface area (Å²) in [5, 5.41) is 0. The number of Topliss-reactive ketones (excluding diaryl/α,β-unsaturated/α-hetero) is 1. The molecule has 3 heterocycles. The van der Waals surface area contributed by atoms with Gasteiger partial charge in [-0.2, -0.15) is 0 Å². The molecule has 0 unspecified atom stereocenters.